The van der Waals surface area contributed by atoms with Crippen LogP contribution < -0.4 is 10.2 Å². The third-order valence-corrected chi connectivity index (χ3v) is 10.8. The molecular formula is C25H29ClN4O2S. The van der Waals surface area contributed by atoms with Crippen molar-refractivity contribution in [1.82, 2.24) is 9.97 Å². The van der Waals surface area contributed by atoms with E-state index in [0.717, 1.165) is 66.5 Å². The van der Waals surface area contributed by atoms with E-state index in [1.54, 1.807) is 0 Å². The lowest BCUT2D eigenvalue weighted by Gasteiger charge is -2.55. The molecule has 2 unspecified atom stereocenters. The van der Waals surface area contributed by atoms with E-state index in [1.165, 1.54) is 12.0 Å². The molecule has 1 aromatic carbocycles. The molecule has 2 aromatic rings. The highest BCUT2D eigenvalue weighted by atomic mass is 35.5. The second kappa shape index (κ2) is 7.15. The number of anilines is 2. The second-order valence-corrected chi connectivity index (χ2v) is 12.7. The number of benzene rings is 1. The highest BCUT2D eigenvalue weighted by molar-refractivity contribution is 7.85. The fourth-order valence-corrected chi connectivity index (χ4v) is 8.51. The molecule has 0 amide bonds. The number of piperidine rings is 1. The van der Waals surface area contributed by atoms with Crippen molar-refractivity contribution in [1.29, 1.82) is 0 Å². The third kappa shape index (κ3) is 3.11. The first kappa shape index (κ1) is 20.7. The van der Waals surface area contributed by atoms with Crippen LogP contribution in [0.5, 0.6) is 0 Å². The van der Waals surface area contributed by atoms with Crippen molar-refractivity contribution in [3.05, 3.63) is 40.5 Å². The van der Waals surface area contributed by atoms with Gasteiger partial charge in [-0.2, -0.15) is 4.98 Å². The van der Waals surface area contributed by atoms with Crippen LogP contribution in [-0.4, -0.2) is 49.3 Å². The van der Waals surface area contributed by atoms with Gasteiger partial charge < -0.3 is 15.3 Å². The summed E-state index contributed by atoms with van der Waals surface area (Å²) in [4.78, 5) is 13.3. The van der Waals surface area contributed by atoms with E-state index in [-0.39, 0.29) is 17.6 Å². The van der Waals surface area contributed by atoms with Crippen LogP contribution in [0.4, 0.5) is 11.8 Å². The molecule has 8 heteroatoms. The van der Waals surface area contributed by atoms with Crippen LogP contribution in [0.2, 0.25) is 5.02 Å². The molecule has 1 spiro atoms. The summed E-state index contributed by atoms with van der Waals surface area (Å²) in [6.45, 7) is 0.0800. The summed E-state index contributed by atoms with van der Waals surface area (Å²) < 4.78 is 13.1. The lowest BCUT2D eigenvalue weighted by molar-refractivity contribution is 0.143. The molecule has 1 aromatic heterocycles. The number of hydrogen-bond acceptors (Lipinski definition) is 6. The maximum absolute atomic E-state index is 13.1. The molecule has 6 nitrogen and oxygen atoms in total. The van der Waals surface area contributed by atoms with Gasteiger partial charge >= 0.3 is 0 Å². The average molecular weight is 485 g/mol. The first-order valence-corrected chi connectivity index (χ1v) is 13.9. The van der Waals surface area contributed by atoms with Crippen LogP contribution in [0, 0.1) is 0 Å². The van der Waals surface area contributed by atoms with Crippen molar-refractivity contribution < 1.29 is 9.32 Å². The zero-order valence-corrected chi connectivity index (χ0v) is 20.2. The standard InChI is InChI=1S/C25H29ClN4O2S/c26-17-4-2-15(3-5-17)16-10-18-12-19(11-16)30(18)23-27-21-20(33(32)14-24(21)8-9-24)22(28-23)29-25(13-31)6-1-7-25/h2-5,16,18-19,31H,1,6-14H2,(H,27,28,29)/t16?,18?,19?,33-/m1/s1. The van der Waals surface area contributed by atoms with E-state index in [2.05, 4.69) is 22.3 Å². The Morgan fingerprint density at radius 1 is 1.09 bits per heavy atom. The monoisotopic (exact) mass is 484 g/mol. The van der Waals surface area contributed by atoms with Gasteiger partial charge in [0.25, 0.3) is 0 Å². The van der Waals surface area contributed by atoms with Crippen molar-refractivity contribution in [3.63, 3.8) is 0 Å². The van der Waals surface area contributed by atoms with E-state index < -0.39 is 10.8 Å². The quantitative estimate of drug-likeness (QED) is 0.664. The molecule has 33 heavy (non-hydrogen) atoms. The molecular weight excluding hydrogens is 456 g/mol. The number of aliphatic hydroxyl groups excluding tert-OH is 1. The van der Waals surface area contributed by atoms with E-state index >= 15 is 0 Å². The predicted octanol–water partition coefficient (Wildman–Crippen LogP) is 4.13. The van der Waals surface area contributed by atoms with E-state index in [9.17, 15) is 9.32 Å². The van der Waals surface area contributed by atoms with Crippen LogP contribution >= 0.6 is 11.6 Å². The lowest BCUT2D eigenvalue weighted by Crippen LogP contribution is -2.61. The van der Waals surface area contributed by atoms with Crippen LogP contribution in [0.15, 0.2) is 29.2 Å². The Bertz CT molecular complexity index is 1130. The minimum Gasteiger partial charge on any atom is -0.394 e. The summed E-state index contributed by atoms with van der Waals surface area (Å²) in [6, 6.07) is 9.18. The first-order chi connectivity index (χ1) is 16.0. The third-order valence-electron chi connectivity index (χ3n) is 8.86. The summed E-state index contributed by atoms with van der Waals surface area (Å²) in [5.74, 6) is 2.73. The number of nitrogens with one attached hydrogen (secondary N) is 1. The Labute approximate surface area is 201 Å². The molecule has 0 radical (unpaired) electrons. The number of aromatic nitrogens is 2. The van der Waals surface area contributed by atoms with Gasteiger partial charge in [-0.25, -0.2) is 4.98 Å². The topological polar surface area (TPSA) is 78.4 Å². The maximum atomic E-state index is 13.1. The molecule has 5 fully saturated rings. The van der Waals surface area contributed by atoms with Crippen LogP contribution in [0.1, 0.15) is 68.5 Å². The Morgan fingerprint density at radius 3 is 2.42 bits per heavy atom. The van der Waals surface area contributed by atoms with Gasteiger partial charge in [0.15, 0.2) is 0 Å². The van der Waals surface area contributed by atoms with E-state index in [4.69, 9.17) is 21.6 Å². The highest BCUT2D eigenvalue weighted by Crippen LogP contribution is 2.57. The molecule has 3 aliphatic heterocycles. The van der Waals surface area contributed by atoms with Crippen LogP contribution in [0.25, 0.3) is 0 Å². The molecule has 6 aliphatic rings. The van der Waals surface area contributed by atoms with Crippen molar-refractivity contribution in [3.8, 4) is 0 Å². The molecule has 174 valence electrons. The summed E-state index contributed by atoms with van der Waals surface area (Å²) in [7, 11) is -1.07. The van der Waals surface area contributed by atoms with Crippen molar-refractivity contribution >= 4 is 34.2 Å². The minimum atomic E-state index is -1.07. The van der Waals surface area contributed by atoms with Gasteiger partial charge in [0.2, 0.25) is 5.95 Å². The molecule has 4 heterocycles. The van der Waals surface area contributed by atoms with Gasteiger partial charge in [0.1, 0.15) is 10.7 Å². The Kier molecular flexibility index (Phi) is 4.48. The summed E-state index contributed by atoms with van der Waals surface area (Å²) in [5.41, 5.74) is 2.05. The highest BCUT2D eigenvalue weighted by Gasteiger charge is 2.56. The van der Waals surface area contributed by atoms with Gasteiger partial charge in [-0.15, -0.1) is 0 Å². The fourth-order valence-electron chi connectivity index (χ4n) is 6.52. The SMILES string of the molecule is O=[S@@]1CC2(CC2)c2nc(N3C4CC(c5ccc(Cl)cc5)CC3C4)nc(NC3(CO)CCC3)c21. The maximum Gasteiger partial charge on any atom is 0.228 e. The number of halogens is 1. The van der Waals surface area contributed by atoms with Gasteiger partial charge in [0, 0.05) is 28.3 Å². The molecule has 3 saturated carbocycles. The van der Waals surface area contributed by atoms with Crippen molar-refractivity contribution in [2.75, 3.05) is 22.6 Å². The number of nitrogens with zero attached hydrogens (tertiary/aromatic N) is 3. The van der Waals surface area contributed by atoms with E-state index in [0.29, 0.717) is 29.6 Å². The normalized spacial score (nSPS) is 32.1. The zero-order valence-electron chi connectivity index (χ0n) is 18.6. The predicted molar refractivity (Wildman–Crippen MR) is 130 cm³/mol. The fraction of sp³-hybridized carbons (Fsp3) is 0.600. The smallest absolute Gasteiger partial charge is 0.228 e. The number of rotatable bonds is 5. The molecule has 2 N–H and O–H groups in total. The second-order valence-electron chi connectivity index (χ2n) is 10.9. The minimum absolute atomic E-state index is 0.00781. The van der Waals surface area contributed by atoms with Gasteiger partial charge in [-0.1, -0.05) is 23.7 Å². The van der Waals surface area contributed by atoms with Crippen LogP contribution in [0.3, 0.4) is 0 Å². The summed E-state index contributed by atoms with van der Waals surface area (Å²) in [5, 5.41) is 14.4. The largest absolute Gasteiger partial charge is 0.394 e. The molecule has 3 atom stereocenters. The number of fused-ring (bicyclic) bond motifs is 4. The number of aliphatic hydroxyl groups is 1. The van der Waals surface area contributed by atoms with Gasteiger partial charge in [-0.3, -0.25) is 4.21 Å². The molecule has 8 rings (SSSR count). The number of hydrogen-bond donors (Lipinski definition) is 2. The van der Waals surface area contributed by atoms with Crippen molar-refractivity contribution in [2.24, 2.45) is 0 Å². The summed E-state index contributed by atoms with van der Waals surface area (Å²) in [6.07, 6.45) is 8.46. The van der Waals surface area contributed by atoms with Crippen LogP contribution in [-0.2, 0) is 16.2 Å². The van der Waals surface area contributed by atoms with Crippen molar-refractivity contribution in [2.45, 2.75) is 85.2 Å². The Morgan fingerprint density at radius 2 is 1.82 bits per heavy atom. The summed E-state index contributed by atoms with van der Waals surface area (Å²) >= 11 is 6.09. The van der Waals surface area contributed by atoms with Gasteiger partial charge in [0.05, 0.1) is 28.6 Å². The Hall–Kier alpha value is -1.70. The molecule has 2 bridgehead atoms. The van der Waals surface area contributed by atoms with E-state index in [1.807, 2.05) is 12.1 Å². The average Bonchev–Trinajstić information content (AvgIpc) is 3.50. The van der Waals surface area contributed by atoms with Gasteiger partial charge in [-0.05, 0) is 75.0 Å². The first-order valence-electron chi connectivity index (χ1n) is 12.2. The Balaban J connectivity index is 1.22. The molecule has 2 saturated heterocycles. The lowest BCUT2D eigenvalue weighted by atomic mass is 9.71. The zero-order chi connectivity index (χ0) is 22.4. The molecule has 3 aliphatic carbocycles.